The second-order valence-corrected chi connectivity index (χ2v) is 6.82. The van der Waals surface area contributed by atoms with Gasteiger partial charge in [0.25, 0.3) is 0 Å². The van der Waals surface area contributed by atoms with Crippen LogP contribution in [0.3, 0.4) is 0 Å². The molecule has 134 valence electrons. The number of amides is 1. The van der Waals surface area contributed by atoms with E-state index in [2.05, 4.69) is 15.3 Å². The molecule has 1 amide bonds. The summed E-state index contributed by atoms with van der Waals surface area (Å²) in [4.78, 5) is 14.6. The van der Waals surface area contributed by atoms with Crippen LogP contribution >= 0.6 is 0 Å². The number of rotatable bonds is 5. The van der Waals surface area contributed by atoms with Gasteiger partial charge in [-0.3, -0.25) is 9.89 Å². The van der Waals surface area contributed by atoms with Gasteiger partial charge < -0.3 is 4.90 Å². The minimum absolute atomic E-state index is 0.224. The average Bonchev–Trinajstić information content (AvgIpc) is 3.39. The smallest absolute Gasteiger partial charge is 0.222 e. The maximum atomic E-state index is 12.6. The molecule has 26 heavy (non-hydrogen) atoms. The molecule has 2 aromatic heterocycles. The van der Waals surface area contributed by atoms with Crippen LogP contribution < -0.4 is 0 Å². The van der Waals surface area contributed by atoms with Crippen molar-refractivity contribution in [1.82, 2.24) is 24.9 Å². The lowest BCUT2D eigenvalue weighted by Crippen LogP contribution is -2.39. The number of hydrogen-bond acceptors (Lipinski definition) is 3. The zero-order valence-electron chi connectivity index (χ0n) is 14.7. The van der Waals surface area contributed by atoms with Gasteiger partial charge in [0.1, 0.15) is 0 Å². The number of aromatic nitrogens is 4. The van der Waals surface area contributed by atoms with Crippen molar-refractivity contribution in [3.05, 3.63) is 66.2 Å². The van der Waals surface area contributed by atoms with E-state index < -0.39 is 0 Å². The number of likely N-dealkylation sites (tertiary alicyclic amines) is 1. The predicted octanol–water partition coefficient (Wildman–Crippen LogP) is 2.93. The molecule has 1 N–H and O–H groups in total. The van der Waals surface area contributed by atoms with Gasteiger partial charge in [-0.05, 0) is 43.0 Å². The van der Waals surface area contributed by atoms with Crippen LogP contribution in [0.2, 0.25) is 0 Å². The average molecular weight is 349 g/mol. The summed E-state index contributed by atoms with van der Waals surface area (Å²) in [5, 5.41) is 11.5. The molecule has 0 saturated carbocycles. The van der Waals surface area contributed by atoms with E-state index in [0.717, 1.165) is 49.3 Å². The first-order valence-corrected chi connectivity index (χ1v) is 9.15. The number of para-hydroxylation sites is 1. The Hall–Kier alpha value is -2.89. The number of nitrogens with one attached hydrogen (secondary N) is 1. The van der Waals surface area contributed by atoms with E-state index in [1.165, 1.54) is 0 Å². The van der Waals surface area contributed by atoms with Crippen LogP contribution in [-0.4, -0.2) is 43.9 Å². The fraction of sp³-hybridized carbons (Fsp3) is 0.350. The lowest BCUT2D eigenvalue weighted by Gasteiger charge is -2.32. The number of aromatic amines is 1. The van der Waals surface area contributed by atoms with E-state index in [4.69, 9.17) is 0 Å². The number of carbonyl (C=O) groups is 1. The first kappa shape index (κ1) is 16.6. The molecule has 0 radical (unpaired) electrons. The standard InChI is InChI=1S/C20H23N5O/c26-20(24-12-4-5-17(15-24)19-10-11-21-23-19)9-8-16-13-22-25(14-16)18-6-2-1-3-7-18/h1-3,6-7,10-11,13-14,17H,4-5,8-9,12,15H2,(H,21,23). The topological polar surface area (TPSA) is 66.8 Å². The van der Waals surface area contributed by atoms with Crippen molar-refractivity contribution in [2.45, 2.75) is 31.6 Å². The minimum Gasteiger partial charge on any atom is -0.342 e. The third-order valence-electron chi connectivity index (χ3n) is 5.02. The summed E-state index contributed by atoms with van der Waals surface area (Å²) >= 11 is 0. The highest BCUT2D eigenvalue weighted by molar-refractivity contribution is 5.76. The Bertz CT molecular complexity index is 840. The zero-order valence-corrected chi connectivity index (χ0v) is 14.7. The van der Waals surface area contributed by atoms with Crippen molar-refractivity contribution in [2.75, 3.05) is 13.1 Å². The number of carbonyl (C=O) groups excluding carboxylic acids is 1. The Morgan fingerprint density at radius 1 is 1.23 bits per heavy atom. The molecule has 1 fully saturated rings. The number of nitrogens with zero attached hydrogens (tertiary/aromatic N) is 4. The van der Waals surface area contributed by atoms with E-state index in [1.807, 2.05) is 58.4 Å². The van der Waals surface area contributed by atoms with E-state index in [9.17, 15) is 4.79 Å². The molecule has 1 aromatic carbocycles. The van der Waals surface area contributed by atoms with Gasteiger partial charge in [-0.2, -0.15) is 10.2 Å². The molecule has 4 rings (SSSR count). The van der Waals surface area contributed by atoms with Gasteiger partial charge in [0.2, 0.25) is 5.91 Å². The van der Waals surface area contributed by atoms with E-state index in [-0.39, 0.29) is 5.91 Å². The maximum Gasteiger partial charge on any atom is 0.222 e. The fourth-order valence-electron chi connectivity index (χ4n) is 3.57. The quantitative estimate of drug-likeness (QED) is 0.770. The van der Waals surface area contributed by atoms with Gasteiger partial charge in [-0.15, -0.1) is 0 Å². The number of benzene rings is 1. The maximum absolute atomic E-state index is 12.6. The van der Waals surface area contributed by atoms with Crippen molar-refractivity contribution < 1.29 is 4.79 Å². The highest BCUT2D eigenvalue weighted by Gasteiger charge is 2.25. The number of piperidine rings is 1. The predicted molar refractivity (Wildman–Crippen MR) is 99.0 cm³/mol. The Morgan fingerprint density at radius 3 is 2.92 bits per heavy atom. The molecule has 0 spiro atoms. The van der Waals surface area contributed by atoms with Gasteiger partial charge in [0, 0.05) is 43.5 Å². The summed E-state index contributed by atoms with van der Waals surface area (Å²) in [7, 11) is 0. The molecule has 0 bridgehead atoms. The van der Waals surface area contributed by atoms with E-state index >= 15 is 0 Å². The molecule has 3 aromatic rings. The summed E-state index contributed by atoms with van der Waals surface area (Å²) in [6.45, 7) is 1.64. The van der Waals surface area contributed by atoms with Crippen LogP contribution in [0, 0.1) is 0 Å². The fourth-order valence-corrected chi connectivity index (χ4v) is 3.57. The number of aryl methyl sites for hydroxylation is 1. The first-order valence-electron chi connectivity index (χ1n) is 9.15. The van der Waals surface area contributed by atoms with Crippen LogP contribution in [0.5, 0.6) is 0 Å². The zero-order chi connectivity index (χ0) is 17.8. The third-order valence-corrected chi connectivity index (χ3v) is 5.02. The van der Waals surface area contributed by atoms with Crippen LogP contribution in [0.15, 0.2) is 55.0 Å². The second kappa shape index (κ2) is 7.56. The third kappa shape index (κ3) is 3.69. The molecule has 1 unspecified atom stereocenters. The summed E-state index contributed by atoms with van der Waals surface area (Å²) in [6.07, 6.45) is 9.03. The summed E-state index contributed by atoms with van der Waals surface area (Å²) in [5.74, 6) is 0.595. The molecule has 1 aliphatic rings. The monoisotopic (exact) mass is 349 g/mol. The Kier molecular flexibility index (Phi) is 4.82. The molecule has 0 aliphatic carbocycles. The minimum atomic E-state index is 0.224. The van der Waals surface area contributed by atoms with Crippen molar-refractivity contribution in [1.29, 1.82) is 0 Å². The highest BCUT2D eigenvalue weighted by Crippen LogP contribution is 2.25. The lowest BCUT2D eigenvalue weighted by molar-refractivity contribution is -0.132. The molecule has 6 heteroatoms. The normalized spacial score (nSPS) is 17.4. The molecule has 6 nitrogen and oxygen atoms in total. The Morgan fingerprint density at radius 2 is 2.12 bits per heavy atom. The van der Waals surface area contributed by atoms with Crippen molar-refractivity contribution in [3.8, 4) is 5.69 Å². The summed E-state index contributed by atoms with van der Waals surface area (Å²) in [5.41, 5.74) is 3.25. The second-order valence-electron chi connectivity index (χ2n) is 6.82. The molecule has 3 heterocycles. The van der Waals surface area contributed by atoms with Gasteiger partial charge in [0.15, 0.2) is 0 Å². The van der Waals surface area contributed by atoms with Crippen molar-refractivity contribution in [2.24, 2.45) is 0 Å². The largest absolute Gasteiger partial charge is 0.342 e. The van der Waals surface area contributed by atoms with Crippen LogP contribution in [0.25, 0.3) is 5.69 Å². The molecular weight excluding hydrogens is 326 g/mol. The van der Waals surface area contributed by atoms with Crippen LogP contribution in [-0.2, 0) is 11.2 Å². The number of hydrogen-bond donors (Lipinski definition) is 1. The summed E-state index contributed by atoms with van der Waals surface area (Å²) in [6, 6.07) is 12.0. The Balaban J connectivity index is 1.33. The van der Waals surface area contributed by atoms with Crippen molar-refractivity contribution >= 4 is 5.91 Å². The van der Waals surface area contributed by atoms with Gasteiger partial charge >= 0.3 is 0 Å². The van der Waals surface area contributed by atoms with Crippen LogP contribution in [0.4, 0.5) is 0 Å². The Labute approximate surface area is 152 Å². The summed E-state index contributed by atoms with van der Waals surface area (Å²) < 4.78 is 1.86. The highest BCUT2D eigenvalue weighted by atomic mass is 16.2. The first-order chi connectivity index (χ1) is 12.8. The molecular formula is C20H23N5O. The SMILES string of the molecule is O=C(CCc1cnn(-c2ccccc2)c1)N1CCCC(c2ccn[nH]2)C1. The van der Waals surface area contributed by atoms with E-state index in [1.54, 1.807) is 6.20 Å². The van der Waals surface area contributed by atoms with Crippen molar-refractivity contribution in [3.63, 3.8) is 0 Å². The molecule has 1 aliphatic heterocycles. The van der Waals surface area contributed by atoms with E-state index in [0.29, 0.717) is 12.3 Å². The lowest BCUT2D eigenvalue weighted by atomic mass is 9.94. The van der Waals surface area contributed by atoms with Crippen LogP contribution in [0.1, 0.15) is 36.4 Å². The van der Waals surface area contributed by atoms with Gasteiger partial charge in [-0.25, -0.2) is 4.68 Å². The van der Waals surface area contributed by atoms with Gasteiger partial charge in [0.05, 0.1) is 11.9 Å². The van der Waals surface area contributed by atoms with Gasteiger partial charge in [-0.1, -0.05) is 18.2 Å². The molecule has 1 atom stereocenters. The number of H-pyrrole nitrogens is 1. The molecule has 1 saturated heterocycles.